The average Bonchev–Trinajstić information content (AvgIpc) is 3.16. The number of nitrogens with zero attached hydrogens (tertiary/aromatic N) is 4. The summed E-state index contributed by atoms with van der Waals surface area (Å²) < 4.78 is 1.94. The molecule has 0 bridgehead atoms. The molecule has 1 saturated carbocycles. The number of guanidine groups is 1. The SMILES string of the molecule is CCNC(=NCc1nnc2ccccn12)NCC1CCCC1O. The number of aliphatic hydroxyl groups is 1. The molecule has 0 saturated heterocycles. The second kappa shape index (κ2) is 7.41. The van der Waals surface area contributed by atoms with E-state index in [1.165, 1.54) is 0 Å². The molecular formula is C16H24N6O. The number of rotatable bonds is 5. The minimum absolute atomic E-state index is 0.189. The molecule has 1 aliphatic rings. The lowest BCUT2D eigenvalue weighted by molar-refractivity contribution is 0.134. The lowest BCUT2D eigenvalue weighted by Crippen LogP contribution is -2.41. The molecule has 2 unspecified atom stereocenters. The zero-order valence-corrected chi connectivity index (χ0v) is 13.4. The fraction of sp³-hybridized carbons (Fsp3) is 0.562. The zero-order valence-electron chi connectivity index (χ0n) is 13.4. The summed E-state index contributed by atoms with van der Waals surface area (Å²) in [5.41, 5.74) is 0.824. The first-order valence-electron chi connectivity index (χ1n) is 8.27. The van der Waals surface area contributed by atoms with E-state index in [1.54, 1.807) is 0 Å². The van der Waals surface area contributed by atoms with Gasteiger partial charge in [-0.2, -0.15) is 0 Å². The lowest BCUT2D eigenvalue weighted by atomic mass is 10.1. The van der Waals surface area contributed by atoms with Crippen LogP contribution in [0.4, 0.5) is 0 Å². The number of aliphatic hydroxyl groups excluding tert-OH is 1. The number of hydrogen-bond donors (Lipinski definition) is 3. The molecule has 23 heavy (non-hydrogen) atoms. The predicted octanol–water partition coefficient (Wildman–Crippen LogP) is 0.945. The fourth-order valence-corrected chi connectivity index (χ4v) is 2.97. The number of aromatic nitrogens is 3. The average molecular weight is 316 g/mol. The van der Waals surface area contributed by atoms with E-state index in [0.717, 1.165) is 49.8 Å². The summed E-state index contributed by atoms with van der Waals surface area (Å²) in [6, 6.07) is 5.81. The van der Waals surface area contributed by atoms with E-state index < -0.39 is 0 Å². The van der Waals surface area contributed by atoms with Crippen LogP contribution in [0.5, 0.6) is 0 Å². The topological polar surface area (TPSA) is 86.8 Å². The molecule has 2 aromatic heterocycles. The van der Waals surface area contributed by atoms with Crippen LogP contribution in [0.2, 0.25) is 0 Å². The number of pyridine rings is 1. The Balaban J connectivity index is 1.64. The van der Waals surface area contributed by atoms with Gasteiger partial charge < -0.3 is 15.7 Å². The normalized spacial score (nSPS) is 21.7. The van der Waals surface area contributed by atoms with Crippen LogP contribution in [0, 0.1) is 5.92 Å². The van der Waals surface area contributed by atoms with Gasteiger partial charge in [0, 0.05) is 25.2 Å². The number of fused-ring (bicyclic) bond motifs is 1. The van der Waals surface area contributed by atoms with E-state index in [9.17, 15) is 5.11 Å². The van der Waals surface area contributed by atoms with Crippen molar-refractivity contribution in [2.24, 2.45) is 10.9 Å². The molecule has 0 radical (unpaired) electrons. The quantitative estimate of drug-likeness (QED) is 0.565. The van der Waals surface area contributed by atoms with E-state index in [1.807, 2.05) is 35.7 Å². The molecule has 7 nitrogen and oxygen atoms in total. The second-order valence-corrected chi connectivity index (χ2v) is 5.88. The van der Waals surface area contributed by atoms with Crippen LogP contribution in [0.15, 0.2) is 29.4 Å². The van der Waals surface area contributed by atoms with Crippen molar-refractivity contribution in [2.45, 2.75) is 38.8 Å². The fourth-order valence-electron chi connectivity index (χ4n) is 2.97. The van der Waals surface area contributed by atoms with Crippen LogP contribution in [0.1, 0.15) is 32.0 Å². The molecule has 3 rings (SSSR count). The summed E-state index contributed by atoms with van der Waals surface area (Å²) in [4.78, 5) is 4.58. The van der Waals surface area contributed by atoms with Crippen molar-refractivity contribution in [1.82, 2.24) is 25.2 Å². The van der Waals surface area contributed by atoms with E-state index in [-0.39, 0.29) is 6.10 Å². The largest absolute Gasteiger partial charge is 0.393 e. The van der Waals surface area contributed by atoms with Crippen molar-refractivity contribution < 1.29 is 5.11 Å². The molecule has 1 aliphatic carbocycles. The van der Waals surface area contributed by atoms with Gasteiger partial charge in [0.15, 0.2) is 17.4 Å². The Morgan fingerprint density at radius 2 is 2.26 bits per heavy atom. The van der Waals surface area contributed by atoms with Gasteiger partial charge in [-0.15, -0.1) is 10.2 Å². The second-order valence-electron chi connectivity index (χ2n) is 5.88. The van der Waals surface area contributed by atoms with Gasteiger partial charge in [-0.3, -0.25) is 4.40 Å². The highest BCUT2D eigenvalue weighted by Crippen LogP contribution is 2.24. The predicted molar refractivity (Wildman–Crippen MR) is 89.2 cm³/mol. The third-order valence-corrected chi connectivity index (χ3v) is 4.26. The van der Waals surface area contributed by atoms with Crippen molar-refractivity contribution in [3.8, 4) is 0 Å². The van der Waals surface area contributed by atoms with E-state index in [2.05, 4.69) is 25.8 Å². The van der Waals surface area contributed by atoms with Crippen molar-refractivity contribution in [1.29, 1.82) is 0 Å². The maximum atomic E-state index is 9.91. The van der Waals surface area contributed by atoms with Crippen LogP contribution in [0.25, 0.3) is 5.65 Å². The van der Waals surface area contributed by atoms with Gasteiger partial charge in [0.05, 0.1) is 6.10 Å². The van der Waals surface area contributed by atoms with Crippen LogP contribution < -0.4 is 10.6 Å². The zero-order chi connectivity index (χ0) is 16.1. The summed E-state index contributed by atoms with van der Waals surface area (Å²) in [6.45, 7) is 4.02. The van der Waals surface area contributed by atoms with Crippen molar-refractivity contribution in [3.63, 3.8) is 0 Å². The summed E-state index contributed by atoms with van der Waals surface area (Å²) >= 11 is 0. The Morgan fingerprint density at radius 3 is 3.04 bits per heavy atom. The van der Waals surface area contributed by atoms with E-state index in [4.69, 9.17) is 0 Å². The Labute approximate surface area is 135 Å². The number of nitrogens with one attached hydrogen (secondary N) is 2. The van der Waals surface area contributed by atoms with E-state index >= 15 is 0 Å². The number of aliphatic imine (C=N–C) groups is 1. The highest BCUT2D eigenvalue weighted by molar-refractivity contribution is 5.79. The van der Waals surface area contributed by atoms with Crippen molar-refractivity contribution >= 4 is 11.6 Å². The standard InChI is InChI=1S/C16H24N6O/c1-2-17-16(18-10-12-6-5-7-13(12)23)19-11-15-21-20-14-8-3-4-9-22(14)15/h3-4,8-9,12-13,23H,2,5-7,10-11H2,1H3,(H2,17,18,19). The summed E-state index contributed by atoms with van der Waals surface area (Å²) in [7, 11) is 0. The Morgan fingerprint density at radius 1 is 1.35 bits per heavy atom. The third-order valence-electron chi connectivity index (χ3n) is 4.26. The van der Waals surface area contributed by atoms with Crippen LogP contribution in [-0.2, 0) is 6.54 Å². The molecule has 0 aliphatic heterocycles. The number of hydrogen-bond acceptors (Lipinski definition) is 4. The molecule has 2 atom stereocenters. The Hall–Kier alpha value is -2.15. The van der Waals surface area contributed by atoms with Gasteiger partial charge >= 0.3 is 0 Å². The van der Waals surface area contributed by atoms with Crippen molar-refractivity contribution in [2.75, 3.05) is 13.1 Å². The first-order chi connectivity index (χ1) is 11.3. The Kier molecular flexibility index (Phi) is 5.07. The maximum absolute atomic E-state index is 9.91. The molecule has 0 spiro atoms. The van der Waals surface area contributed by atoms with Crippen molar-refractivity contribution in [3.05, 3.63) is 30.2 Å². The molecule has 124 valence electrons. The maximum Gasteiger partial charge on any atom is 0.191 e. The van der Waals surface area contributed by atoms with Crippen LogP contribution in [-0.4, -0.2) is 44.9 Å². The van der Waals surface area contributed by atoms with Crippen LogP contribution in [0.3, 0.4) is 0 Å². The highest BCUT2D eigenvalue weighted by Gasteiger charge is 2.24. The molecular weight excluding hydrogens is 292 g/mol. The molecule has 7 heteroatoms. The lowest BCUT2D eigenvalue weighted by Gasteiger charge is -2.17. The smallest absolute Gasteiger partial charge is 0.191 e. The third kappa shape index (κ3) is 3.79. The molecule has 2 heterocycles. The minimum Gasteiger partial charge on any atom is -0.393 e. The molecule has 2 aromatic rings. The van der Waals surface area contributed by atoms with E-state index in [0.29, 0.717) is 12.5 Å². The van der Waals surface area contributed by atoms with Gasteiger partial charge in [0.1, 0.15) is 6.54 Å². The summed E-state index contributed by atoms with van der Waals surface area (Å²) in [5, 5.41) is 24.8. The van der Waals surface area contributed by atoms with Gasteiger partial charge in [0.2, 0.25) is 0 Å². The molecule has 1 fully saturated rings. The van der Waals surface area contributed by atoms with Gasteiger partial charge in [-0.05, 0) is 31.9 Å². The van der Waals surface area contributed by atoms with Gasteiger partial charge in [-0.25, -0.2) is 4.99 Å². The highest BCUT2D eigenvalue weighted by atomic mass is 16.3. The minimum atomic E-state index is -0.189. The molecule has 3 N–H and O–H groups in total. The van der Waals surface area contributed by atoms with Crippen LogP contribution >= 0.6 is 0 Å². The summed E-state index contributed by atoms with van der Waals surface area (Å²) in [6.07, 6.45) is 4.84. The van der Waals surface area contributed by atoms with Gasteiger partial charge in [0.25, 0.3) is 0 Å². The monoisotopic (exact) mass is 316 g/mol. The molecule has 0 aromatic carbocycles. The Bertz CT molecular complexity index is 667. The van der Waals surface area contributed by atoms with Gasteiger partial charge in [-0.1, -0.05) is 12.5 Å². The first-order valence-corrected chi connectivity index (χ1v) is 8.27. The summed E-state index contributed by atoms with van der Waals surface area (Å²) in [5.74, 6) is 1.87. The molecule has 0 amide bonds. The first kappa shape index (κ1) is 15.7.